The fourth-order valence-electron chi connectivity index (χ4n) is 3.04. The molecule has 0 saturated carbocycles. The number of ether oxygens (including phenoxy) is 1. The summed E-state index contributed by atoms with van der Waals surface area (Å²) >= 11 is 6.02. The lowest BCUT2D eigenvalue weighted by atomic mass is 10.1. The van der Waals surface area contributed by atoms with Crippen LogP contribution < -0.4 is 10.1 Å². The summed E-state index contributed by atoms with van der Waals surface area (Å²) in [6.45, 7) is 0.455. The van der Waals surface area contributed by atoms with E-state index >= 15 is 0 Å². The molecule has 2 aromatic carbocycles. The lowest BCUT2D eigenvalue weighted by Crippen LogP contribution is -2.35. The second kappa shape index (κ2) is 8.22. The summed E-state index contributed by atoms with van der Waals surface area (Å²) < 4.78 is 5.28. The molecule has 3 amide bonds. The van der Waals surface area contributed by atoms with Crippen molar-refractivity contribution in [1.29, 1.82) is 0 Å². The van der Waals surface area contributed by atoms with Crippen molar-refractivity contribution in [3.05, 3.63) is 64.2 Å². The molecule has 0 bridgehead atoms. The van der Waals surface area contributed by atoms with Gasteiger partial charge in [-0.25, -0.2) is 0 Å². The molecule has 0 spiro atoms. The third-order valence-electron chi connectivity index (χ3n) is 4.42. The maximum Gasteiger partial charge on any atom is 0.263 e. The van der Waals surface area contributed by atoms with Gasteiger partial charge in [-0.1, -0.05) is 35.9 Å². The van der Waals surface area contributed by atoms with Gasteiger partial charge >= 0.3 is 0 Å². The molecule has 0 fully saturated rings. The van der Waals surface area contributed by atoms with E-state index in [1.807, 2.05) is 24.3 Å². The Kier molecular flexibility index (Phi) is 5.76. The Morgan fingerprint density at radius 2 is 1.89 bits per heavy atom. The van der Waals surface area contributed by atoms with Crippen molar-refractivity contribution in [2.75, 3.05) is 20.2 Å². The first-order valence-electron chi connectivity index (χ1n) is 8.56. The second-order valence-electron chi connectivity index (χ2n) is 6.09. The van der Waals surface area contributed by atoms with Crippen LogP contribution in [0.5, 0.6) is 5.75 Å². The molecule has 7 heteroatoms. The topological polar surface area (TPSA) is 75.7 Å². The van der Waals surface area contributed by atoms with Gasteiger partial charge in [0.1, 0.15) is 5.75 Å². The van der Waals surface area contributed by atoms with Crippen LogP contribution in [0.15, 0.2) is 42.5 Å². The fraction of sp³-hybridized carbons (Fsp3) is 0.250. The van der Waals surface area contributed by atoms with Gasteiger partial charge in [-0.3, -0.25) is 19.3 Å². The molecule has 0 aromatic heterocycles. The van der Waals surface area contributed by atoms with Gasteiger partial charge in [-0.2, -0.15) is 0 Å². The minimum absolute atomic E-state index is 0.0170. The number of nitrogens with zero attached hydrogens (tertiary/aromatic N) is 1. The Hall–Kier alpha value is -2.86. The maximum atomic E-state index is 12.4. The number of fused-ring (bicyclic) bond motifs is 1. The van der Waals surface area contributed by atoms with E-state index in [0.29, 0.717) is 13.0 Å². The van der Waals surface area contributed by atoms with Crippen LogP contribution in [0, 0.1) is 0 Å². The lowest BCUT2D eigenvalue weighted by Gasteiger charge is -2.14. The average molecular weight is 387 g/mol. The second-order valence-corrected chi connectivity index (χ2v) is 6.49. The molecule has 3 rings (SSSR count). The van der Waals surface area contributed by atoms with Gasteiger partial charge in [-0.15, -0.1) is 0 Å². The number of carbonyl (C=O) groups excluding carboxylic acids is 3. The van der Waals surface area contributed by atoms with Crippen molar-refractivity contribution in [2.24, 2.45) is 0 Å². The van der Waals surface area contributed by atoms with E-state index in [-0.39, 0.29) is 35.0 Å². The van der Waals surface area contributed by atoms with Crippen LogP contribution >= 0.6 is 11.6 Å². The van der Waals surface area contributed by atoms with E-state index < -0.39 is 11.8 Å². The van der Waals surface area contributed by atoms with Crippen molar-refractivity contribution in [3.8, 4) is 5.75 Å². The monoisotopic (exact) mass is 386 g/mol. The quantitative estimate of drug-likeness (QED) is 0.742. The molecule has 1 aliphatic heterocycles. The lowest BCUT2D eigenvalue weighted by molar-refractivity contribution is -0.121. The Labute approximate surface area is 162 Å². The number of benzene rings is 2. The van der Waals surface area contributed by atoms with Gasteiger partial charge in [-0.05, 0) is 30.2 Å². The SMILES string of the molecule is COc1ccccc1CCNC(=O)CCN1C(=O)c2cccc(Cl)c2C1=O. The molecule has 1 N–H and O–H groups in total. The number of methoxy groups -OCH3 is 1. The molecule has 1 aliphatic rings. The molecule has 27 heavy (non-hydrogen) atoms. The molecule has 1 heterocycles. The third kappa shape index (κ3) is 3.95. The average Bonchev–Trinajstić information content (AvgIpc) is 2.92. The van der Waals surface area contributed by atoms with Crippen molar-refractivity contribution < 1.29 is 19.1 Å². The van der Waals surface area contributed by atoms with E-state index in [1.165, 1.54) is 0 Å². The van der Waals surface area contributed by atoms with Crippen molar-refractivity contribution in [2.45, 2.75) is 12.8 Å². The highest BCUT2D eigenvalue weighted by atomic mass is 35.5. The Balaban J connectivity index is 1.51. The van der Waals surface area contributed by atoms with Gasteiger partial charge in [0.2, 0.25) is 5.91 Å². The number of nitrogens with one attached hydrogen (secondary N) is 1. The van der Waals surface area contributed by atoms with E-state index in [1.54, 1.807) is 25.3 Å². The number of para-hydroxylation sites is 1. The highest BCUT2D eigenvalue weighted by Gasteiger charge is 2.36. The van der Waals surface area contributed by atoms with E-state index in [9.17, 15) is 14.4 Å². The number of imide groups is 1. The molecular formula is C20H19ClN2O4. The molecule has 0 aliphatic carbocycles. The van der Waals surface area contributed by atoms with Gasteiger partial charge in [0, 0.05) is 19.5 Å². The van der Waals surface area contributed by atoms with Crippen molar-refractivity contribution in [3.63, 3.8) is 0 Å². The van der Waals surface area contributed by atoms with Crippen molar-refractivity contribution >= 4 is 29.3 Å². The number of rotatable bonds is 7. The summed E-state index contributed by atoms with van der Waals surface area (Å²) in [6, 6.07) is 12.4. The van der Waals surface area contributed by atoms with Crippen LogP contribution in [0.2, 0.25) is 5.02 Å². The minimum Gasteiger partial charge on any atom is -0.496 e. The van der Waals surface area contributed by atoms with Gasteiger partial charge in [0.25, 0.3) is 11.8 Å². The van der Waals surface area contributed by atoms with E-state index in [4.69, 9.17) is 16.3 Å². The molecule has 2 aromatic rings. The summed E-state index contributed by atoms with van der Waals surface area (Å²) in [7, 11) is 1.60. The normalized spacial score (nSPS) is 12.9. The van der Waals surface area contributed by atoms with E-state index in [0.717, 1.165) is 16.2 Å². The third-order valence-corrected chi connectivity index (χ3v) is 4.73. The zero-order chi connectivity index (χ0) is 19.4. The smallest absolute Gasteiger partial charge is 0.263 e. The predicted octanol–water partition coefficient (Wildman–Crippen LogP) is 2.69. The van der Waals surface area contributed by atoms with Crippen LogP contribution in [-0.4, -0.2) is 42.8 Å². The molecule has 0 atom stereocenters. The van der Waals surface area contributed by atoms with Crippen LogP contribution in [0.4, 0.5) is 0 Å². The fourth-order valence-corrected chi connectivity index (χ4v) is 3.30. The van der Waals surface area contributed by atoms with Gasteiger partial charge in [0.15, 0.2) is 0 Å². The molecule has 0 radical (unpaired) electrons. The summed E-state index contributed by atoms with van der Waals surface area (Å²) in [5.74, 6) is -0.330. The Morgan fingerprint density at radius 3 is 2.63 bits per heavy atom. The number of amides is 3. The Morgan fingerprint density at radius 1 is 1.11 bits per heavy atom. The summed E-state index contributed by atoms with van der Waals surface area (Å²) in [4.78, 5) is 37.9. The van der Waals surface area contributed by atoms with Crippen LogP contribution in [0.25, 0.3) is 0 Å². The number of hydrogen-bond donors (Lipinski definition) is 1. The molecule has 140 valence electrons. The molecule has 0 saturated heterocycles. The highest BCUT2D eigenvalue weighted by Crippen LogP contribution is 2.29. The van der Waals surface area contributed by atoms with Crippen LogP contribution in [-0.2, 0) is 11.2 Å². The largest absolute Gasteiger partial charge is 0.496 e. The number of halogens is 1. The maximum absolute atomic E-state index is 12.4. The first-order chi connectivity index (χ1) is 13.0. The molecule has 0 unspecified atom stereocenters. The van der Waals surface area contributed by atoms with Crippen LogP contribution in [0.3, 0.4) is 0 Å². The van der Waals surface area contributed by atoms with Crippen molar-refractivity contribution in [1.82, 2.24) is 10.2 Å². The highest BCUT2D eigenvalue weighted by molar-refractivity contribution is 6.37. The van der Waals surface area contributed by atoms with Crippen LogP contribution in [0.1, 0.15) is 32.7 Å². The standard InChI is InChI=1S/C20H19ClN2O4/c1-27-16-8-3-2-5-13(16)9-11-22-17(24)10-12-23-19(25)14-6-4-7-15(21)18(14)20(23)26/h2-8H,9-12H2,1H3,(H,22,24). The first kappa shape index (κ1) is 18.9. The predicted molar refractivity (Wildman–Crippen MR) is 101 cm³/mol. The Bertz CT molecular complexity index is 897. The molecule has 6 nitrogen and oxygen atoms in total. The zero-order valence-corrected chi connectivity index (χ0v) is 15.6. The number of carbonyl (C=O) groups is 3. The summed E-state index contributed by atoms with van der Waals surface area (Å²) in [5, 5.41) is 3.04. The summed E-state index contributed by atoms with van der Waals surface area (Å²) in [5.41, 5.74) is 1.49. The minimum atomic E-state index is -0.456. The molecular weight excluding hydrogens is 368 g/mol. The zero-order valence-electron chi connectivity index (χ0n) is 14.8. The van der Waals surface area contributed by atoms with Gasteiger partial charge < -0.3 is 10.1 Å². The summed E-state index contributed by atoms with van der Waals surface area (Å²) in [6.07, 6.45) is 0.660. The van der Waals surface area contributed by atoms with E-state index in [2.05, 4.69) is 5.32 Å². The number of hydrogen-bond acceptors (Lipinski definition) is 4. The first-order valence-corrected chi connectivity index (χ1v) is 8.94. The van der Waals surface area contributed by atoms with Gasteiger partial charge in [0.05, 0.1) is 23.3 Å².